The van der Waals surface area contributed by atoms with Crippen molar-refractivity contribution in [3.63, 3.8) is 0 Å². The standard InChI is InChI=1S/C16H12O4S/c1-19-11-5-2-9(3-6-11)14-15(18)12-8-10(17)4-7-13(12)20-16(14)21/h2-8,17,21H,1H3. The van der Waals surface area contributed by atoms with Crippen molar-refractivity contribution in [1.82, 2.24) is 0 Å². The van der Waals surface area contributed by atoms with E-state index in [1.54, 1.807) is 37.4 Å². The van der Waals surface area contributed by atoms with E-state index in [1.165, 1.54) is 12.1 Å². The summed E-state index contributed by atoms with van der Waals surface area (Å²) < 4.78 is 10.7. The molecule has 0 atom stereocenters. The highest BCUT2D eigenvalue weighted by molar-refractivity contribution is 7.80. The lowest BCUT2D eigenvalue weighted by atomic mass is 10.1. The van der Waals surface area contributed by atoms with Gasteiger partial charge < -0.3 is 14.3 Å². The van der Waals surface area contributed by atoms with Crippen LogP contribution in [0.2, 0.25) is 0 Å². The molecule has 0 saturated heterocycles. The van der Waals surface area contributed by atoms with Crippen LogP contribution in [0.1, 0.15) is 0 Å². The van der Waals surface area contributed by atoms with Crippen molar-refractivity contribution in [2.45, 2.75) is 5.09 Å². The van der Waals surface area contributed by atoms with Crippen LogP contribution in [0.15, 0.2) is 56.8 Å². The number of fused-ring (bicyclic) bond motifs is 1. The van der Waals surface area contributed by atoms with Crippen LogP contribution >= 0.6 is 12.6 Å². The lowest BCUT2D eigenvalue weighted by Crippen LogP contribution is -2.06. The molecule has 0 fully saturated rings. The molecule has 2 aromatic carbocycles. The van der Waals surface area contributed by atoms with Gasteiger partial charge in [-0.1, -0.05) is 12.1 Å². The Morgan fingerprint density at radius 3 is 2.52 bits per heavy atom. The number of phenolic OH excluding ortho intramolecular Hbond substituents is 1. The number of rotatable bonds is 2. The maximum absolute atomic E-state index is 12.6. The van der Waals surface area contributed by atoms with Crippen LogP contribution in [0.25, 0.3) is 22.1 Å². The summed E-state index contributed by atoms with van der Waals surface area (Å²) in [5.41, 5.74) is 1.20. The molecule has 0 aliphatic heterocycles. The fourth-order valence-electron chi connectivity index (χ4n) is 2.18. The van der Waals surface area contributed by atoms with Crippen molar-refractivity contribution in [3.8, 4) is 22.6 Å². The Morgan fingerprint density at radius 2 is 1.86 bits per heavy atom. The summed E-state index contributed by atoms with van der Waals surface area (Å²) in [7, 11) is 1.58. The highest BCUT2D eigenvalue weighted by Crippen LogP contribution is 2.29. The molecule has 3 rings (SSSR count). The predicted octanol–water partition coefficient (Wildman–Crippen LogP) is 3.46. The molecule has 0 aliphatic rings. The average Bonchev–Trinajstić information content (AvgIpc) is 2.49. The van der Waals surface area contributed by atoms with Gasteiger partial charge in [-0.15, -0.1) is 12.6 Å². The topological polar surface area (TPSA) is 59.7 Å². The molecule has 0 spiro atoms. The monoisotopic (exact) mass is 300 g/mol. The van der Waals surface area contributed by atoms with E-state index in [2.05, 4.69) is 12.6 Å². The summed E-state index contributed by atoms with van der Waals surface area (Å²) in [5, 5.41) is 10.1. The smallest absolute Gasteiger partial charge is 0.201 e. The third-order valence-electron chi connectivity index (χ3n) is 3.23. The molecule has 106 valence electrons. The van der Waals surface area contributed by atoms with Crippen LogP contribution in [-0.2, 0) is 0 Å². The minimum absolute atomic E-state index is 0.0161. The van der Waals surface area contributed by atoms with E-state index in [0.717, 1.165) is 0 Å². The van der Waals surface area contributed by atoms with Crippen molar-refractivity contribution in [3.05, 3.63) is 52.7 Å². The summed E-state index contributed by atoms with van der Waals surface area (Å²) in [6.45, 7) is 0. The summed E-state index contributed by atoms with van der Waals surface area (Å²) in [6, 6.07) is 11.4. The number of methoxy groups -OCH3 is 1. The average molecular weight is 300 g/mol. The van der Waals surface area contributed by atoms with E-state index in [0.29, 0.717) is 27.8 Å². The zero-order chi connectivity index (χ0) is 15.0. The Kier molecular flexibility index (Phi) is 3.35. The van der Waals surface area contributed by atoms with Gasteiger partial charge in [0, 0.05) is 0 Å². The molecule has 0 amide bonds. The van der Waals surface area contributed by atoms with Crippen LogP contribution in [0.3, 0.4) is 0 Å². The van der Waals surface area contributed by atoms with Gasteiger partial charge in [-0.2, -0.15) is 0 Å². The number of hydrogen-bond acceptors (Lipinski definition) is 5. The molecular weight excluding hydrogens is 288 g/mol. The quantitative estimate of drug-likeness (QED) is 0.712. The third-order valence-corrected chi connectivity index (χ3v) is 3.55. The van der Waals surface area contributed by atoms with Gasteiger partial charge in [0.25, 0.3) is 0 Å². The molecular formula is C16H12O4S. The molecule has 21 heavy (non-hydrogen) atoms. The fourth-order valence-corrected chi connectivity index (χ4v) is 2.51. The Labute approximate surface area is 126 Å². The molecule has 0 unspecified atom stereocenters. The molecule has 3 aromatic rings. The molecule has 1 heterocycles. The van der Waals surface area contributed by atoms with Gasteiger partial charge in [0.05, 0.1) is 18.1 Å². The van der Waals surface area contributed by atoms with Crippen molar-refractivity contribution < 1.29 is 14.3 Å². The SMILES string of the molecule is COc1ccc(-c2c(S)oc3ccc(O)cc3c2=O)cc1. The fraction of sp³-hybridized carbons (Fsp3) is 0.0625. The Balaban J connectivity index is 2.28. The largest absolute Gasteiger partial charge is 0.508 e. The second-order valence-electron chi connectivity index (χ2n) is 4.52. The van der Waals surface area contributed by atoms with Gasteiger partial charge in [0.15, 0.2) is 5.09 Å². The van der Waals surface area contributed by atoms with Crippen molar-refractivity contribution >= 4 is 23.6 Å². The summed E-state index contributed by atoms with van der Waals surface area (Å²) in [4.78, 5) is 12.6. The van der Waals surface area contributed by atoms with Gasteiger partial charge in [-0.25, -0.2) is 0 Å². The van der Waals surface area contributed by atoms with Gasteiger partial charge in [-0.05, 0) is 35.9 Å². The summed E-state index contributed by atoms with van der Waals surface area (Å²) in [5.74, 6) is 0.713. The number of aromatic hydroxyl groups is 1. The van der Waals surface area contributed by atoms with E-state index < -0.39 is 0 Å². The second kappa shape index (κ2) is 5.18. The molecule has 1 aromatic heterocycles. The van der Waals surface area contributed by atoms with E-state index in [1.807, 2.05) is 0 Å². The minimum Gasteiger partial charge on any atom is -0.508 e. The predicted molar refractivity (Wildman–Crippen MR) is 83.4 cm³/mol. The molecule has 0 radical (unpaired) electrons. The highest BCUT2D eigenvalue weighted by Gasteiger charge is 2.14. The number of benzene rings is 2. The van der Waals surface area contributed by atoms with Crippen LogP contribution in [-0.4, -0.2) is 12.2 Å². The van der Waals surface area contributed by atoms with Crippen molar-refractivity contribution in [2.24, 2.45) is 0 Å². The van der Waals surface area contributed by atoms with Crippen LogP contribution in [0.5, 0.6) is 11.5 Å². The Hall–Kier alpha value is -2.40. The van der Waals surface area contributed by atoms with Gasteiger partial charge in [0.1, 0.15) is 17.1 Å². The van der Waals surface area contributed by atoms with E-state index in [4.69, 9.17) is 9.15 Å². The van der Waals surface area contributed by atoms with Crippen LogP contribution in [0, 0.1) is 0 Å². The van der Waals surface area contributed by atoms with E-state index >= 15 is 0 Å². The zero-order valence-corrected chi connectivity index (χ0v) is 12.1. The Bertz CT molecular complexity index is 866. The Morgan fingerprint density at radius 1 is 1.14 bits per heavy atom. The van der Waals surface area contributed by atoms with Crippen molar-refractivity contribution in [2.75, 3.05) is 7.11 Å². The van der Waals surface area contributed by atoms with Gasteiger partial charge in [-0.3, -0.25) is 4.79 Å². The number of thiol groups is 1. The minimum atomic E-state index is -0.234. The van der Waals surface area contributed by atoms with Gasteiger partial charge in [0.2, 0.25) is 5.43 Å². The summed E-state index contributed by atoms with van der Waals surface area (Å²) in [6.07, 6.45) is 0. The normalized spacial score (nSPS) is 10.8. The zero-order valence-electron chi connectivity index (χ0n) is 11.2. The summed E-state index contributed by atoms with van der Waals surface area (Å²) >= 11 is 4.27. The van der Waals surface area contributed by atoms with Crippen LogP contribution < -0.4 is 10.2 Å². The number of ether oxygens (including phenoxy) is 1. The molecule has 1 N–H and O–H groups in total. The number of hydrogen-bond donors (Lipinski definition) is 2. The maximum atomic E-state index is 12.6. The van der Waals surface area contributed by atoms with Gasteiger partial charge >= 0.3 is 0 Å². The number of phenols is 1. The molecule has 5 heteroatoms. The first-order chi connectivity index (χ1) is 10.1. The molecule has 4 nitrogen and oxygen atoms in total. The first-order valence-corrected chi connectivity index (χ1v) is 6.68. The lowest BCUT2D eigenvalue weighted by Gasteiger charge is -2.07. The third kappa shape index (κ3) is 2.36. The lowest BCUT2D eigenvalue weighted by molar-refractivity contribution is 0.415. The first kappa shape index (κ1) is 13.6. The maximum Gasteiger partial charge on any atom is 0.201 e. The van der Waals surface area contributed by atoms with Crippen LogP contribution in [0.4, 0.5) is 0 Å². The molecule has 0 aliphatic carbocycles. The first-order valence-electron chi connectivity index (χ1n) is 6.23. The second-order valence-corrected chi connectivity index (χ2v) is 4.93. The van der Waals surface area contributed by atoms with E-state index in [9.17, 15) is 9.90 Å². The molecule has 0 bridgehead atoms. The van der Waals surface area contributed by atoms with E-state index in [-0.39, 0.29) is 16.3 Å². The van der Waals surface area contributed by atoms with Crippen molar-refractivity contribution in [1.29, 1.82) is 0 Å². The highest BCUT2D eigenvalue weighted by atomic mass is 32.1. The molecule has 0 saturated carbocycles.